The number of amides is 2. The van der Waals surface area contributed by atoms with Crippen molar-refractivity contribution in [1.82, 2.24) is 9.80 Å². The molecule has 1 aromatic heterocycles. The minimum Gasteiger partial charge on any atom is -0.481 e. The number of carboxylic acids is 1. The Balaban J connectivity index is 1.70. The number of hydrogen-bond donors (Lipinski definition) is 1. The molecule has 2 fully saturated rings. The molecule has 25 heavy (non-hydrogen) atoms. The van der Waals surface area contributed by atoms with Gasteiger partial charge in [-0.3, -0.25) is 14.4 Å². The van der Waals surface area contributed by atoms with E-state index in [-0.39, 0.29) is 30.5 Å². The second kappa shape index (κ2) is 7.69. The maximum absolute atomic E-state index is 13.0. The van der Waals surface area contributed by atoms with E-state index in [0.717, 1.165) is 12.8 Å². The molecule has 3 rings (SSSR count). The Labute approximate surface area is 145 Å². The maximum atomic E-state index is 13.0. The van der Waals surface area contributed by atoms with Crippen molar-refractivity contribution in [2.75, 3.05) is 26.2 Å². The number of morpholine rings is 1. The molecule has 8 heteroatoms. The first kappa shape index (κ1) is 17.5. The number of rotatable bonds is 4. The Morgan fingerprint density at radius 3 is 2.80 bits per heavy atom. The van der Waals surface area contributed by atoms with Gasteiger partial charge in [0.05, 0.1) is 25.4 Å². The minimum atomic E-state index is -0.952. The van der Waals surface area contributed by atoms with Gasteiger partial charge in [-0.15, -0.1) is 0 Å². The first-order valence-corrected chi connectivity index (χ1v) is 8.53. The number of hydrogen-bond acceptors (Lipinski definition) is 5. The van der Waals surface area contributed by atoms with E-state index in [4.69, 9.17) is 14.3 Å². The summed E-state index contributed by atoms with van der Waals surface area (Å²) in [5.74, 6) is -1.14. The number of piperidine rings is 1. The quantitative estimate of drug-likeness (QED) is 0.869. The van der Waals surface area contributed by atoms with Crippen LogP contribution in [0.3, 0.4) is 0 Å². The standard InChI is InChI=1S/C17H22N2O6/c20-15(21)10-12-11-18(7-9-24-12)16(22)13-4-1-2-6-19(13)17(23)14-5-3-8-25-14/h3,5,8,12-13H,1-2,4,6-7,9-11H2,(H,20,21). The summed E-state index contributed by atoms with van der Waals surface area (Å²) in [7, 11) is 0. The molecule has 2 amide bonds. The topological polar surface area (TPSA) is 100 Å². The van der Waals surface area contributed by atoms with E-state index in [2.05, 4.69) is 0 Å². The van der Waals surface area contributed by atoms with Crippen LogP contribution >= 0.6 is 0 Å². The van der Waals surface area contributed by atoms with Crippen molar-refractivity contribution in [3.05, 3.63) is 24.2 Å². The molecule has 0 spiro atoms. The van der Waals surface area contributed by atoms with Gasteiger partial charge in [0.2, 0.25) is 5.91 Å². The van der Waals surface area contributed by atoms with Gasteiger partial charge in [0.25, 0.3) is 5.91 Å². The Morgan fingerprint density at radius 1 is 1.24 bits per heavy atom. The number of nitrogens with zero attached hydrogens (tertiary/aromatic N) is 2. The van der Waals surface area contributed by atoms with E-state index in [1.807, 2.05) is 0 Å². The Morgan fingerprint density at radius 2 is 2.08 bits per heavy atom. The lowest BCUT2D eigenvalue weighted by Crippen LogP contribution is -2.56. The van der Waals surface area contributed by atoms with Crippen LogP contribution in [0.15, 0.2) is 22.8 Å². The maximum Gasteiger partial charge on any atom is 0.306 e. The van der Waals surface area contributed by atoms with Gasteiger partial charge in [-0.1, -0.05) is 0 Å². The summed E-state index contributed by atoms with van der Waals surface area (Å²) in [4.78, 5) is 39.7. The SMILES string of the molecule is O=C(O)CC1CN(C(=O)C2CCCCN2C(=O)c2ccco2)CCO1. The van der Waals surface area contributed by atoms with E-state index in [9.17, 15) is 14.4 Å². The summed E-state index contributed by atoms with van der Waals surface area (Å²) in [5.41, 5.74) is 0. The number of aliphatic carboxylic acids is 1. The van der Waals surface area contributed by atoms with Crippen LogP contribution in [0.1, 0.15) is 36.2 Å². The van der Waals surface area contributed by atoms with E-state index >= 15 is 0 Å². The normalized spacial score (nSPS) is 24.2. The van der Waals surface area contributed by atoms with Crippen molar-refractivity contribution < 1.29 is 28.6 Å². The monoisotopic (exact) mass is 350 g/mol. The number of furan rings is 1. The van der Waals surface area contributed by atoms with Gasteiger partial charge in [-0.05, 0) is 31.4 Å². The van der Waals surface area contributed by atoms with E-state index in [0.29, 0.717) is 26.1 Å². The van der Waals surface area contributed by atoms with E-state index < -0.39 is 18.1 Å². The summed E-state index contributed by atoms with van der Waals surface area (Å²) in [6.07, 6.45) is 3.12. The summed E-state index contributed by atoms with van der Waals surface area (Å²) in [5, 5.41) is 8.91. The van der Waals surface area contributed by atoms with Gasteiger partial charge in [0, 0.05) is 19.6 Å². The molecule has 0 bridgehead atoms. The highest BCUT2D eigenvalue weighted by Gasteiger charge is 2.37. The number of carbonyl (C=O) groups is 3. The predicted octanol–water partition coefficient (Wildman–Crippen LogP) is 0.976. The zero-order chi connectivity index (χ0) is 17.8. The van der Waals surface area contributed by atoms with Gasteiger partial charge in [-0.2, -0.15) is 0 Å². The van der Waals surface area contributed by atoms with E-state index in [1.165, 1.54) is 6.26 Å². The zero-order valence-electron chi connectivity index (χ0n) is 13.9. The molecular formula is C17H22N2O6. The molecule has 0 aromatic carbocycles. The third kappa shape index (κ3) is 4.01. The molecule has 2 aliphatic heterocycles. The van der Waals surface area contributed by atoms with Crippen molar-refractivity contribution in [3.63, 3.8) is 0 Å². The molecule has 2 aliphatic rings. The fourth-order valence-corrected chi connectivity index (χ4v) is 3.42. The molecule has 1 aromatic rings. The molecule has 2 atom stereocenters. The van der Waals surface area contributed by atoms with Crippen LogP contribution < -0.4 is 0 Å². The molecule has 1 N–H and O–H groups in total. The fraction of sp³-hybridized carbons (Fsp3) is 0.588. The highest BCUT2D eigenvalue weighted by Crippen LogP contribution is 2.23. The predicted molar refractivity (Wildman–Crippen MR) is 86.0 cm³/mol. The lowest BCUT2D eigenvalue weighted by Gasteiger charge is -2.39. The van der Waals surface area contributed by atoms with Crippen LogP contribution in [0.25, 0.3) is 0 Å². The number of ether oxygens (including phenoxy) is 1. The molecule has 2 unspecified atom stereocenters. The number of carboxylic acid groups (broad SMARTS) is 1. The lowest BCUT2D eigenvalue weighted by molar-refractivity contribution is -0.150. The van der Waals surface area contributed by atoms with Crippen LogP contribution in [0.2, 0.25) is 0 Å². The average Bonchev–Trinajstić information content (AvgIpc) is 3.15. The minimum absolute atomic E-state index is 0.135. The molecule has 8 nitrogen and oxygen atoms in total. The summed E-state index contributed by atoms with van der Waals surface area (Å²) >= 11 is 0. The lowest BCUT2D eigenvalue weighted by atomic mass is 9.99. The van der Waals surface area contributed by atoms with Crippen LogP contribution in [-0.2, 0) is 14.3 Å². The second-order valence-electron chi connectivity index (χ2n) is 6.36. The van der Waals surface area contributed by atoms with Gasteiger partial charge in [0.1, 0.15) is 6.04 Å². The third-order valence-electron chi connectivity index (χ3n) is 4.63. The third-order valence-corrected chi connectivity index (χ3v) is 4.63. The van der Waals surface area contributed by atoms with Gasteiger partial charge in [0.15, 0.2) is 5.76 Å². The van der Waals surface area contributed by atoms with Crippen molar-refractivity contribution in [2.45, 2.75) is 37.8 Å². The summed E-state index contributed by atoms with van der Waals surface area (Å²) in [6, 6.07) is 2.71. The van der Waals surface area contributed by atoms with Crippen molar-refractivity contribution in [1.29, 1.82) is 0 Å². The molecule has 136 valence electrons. The summed E-state index contributed by atoms with van der Waals surface area (Å²) < 4.78 is 10.6. The smallest absolute Gasteiger partial charge is 0.306 e. The Hall–Kier alpha value is -2.35. The molecule has 3 heterocycles. The van der Waals surface area contributed by atoms with Crippen molar-refractivity contribution >= 4 is 17.8 Å². The van der Waals surface area contributed by atoms with Crippen LogP contribution in [0.4, 0.5) is 0 Å². The highest BCUT2D eigenvalue weighted by atomic mass is 16.5. The molecule has 2 saturated heterocycles. The fourth-order valence-electron chi connectivity index (χ4n) is 3.42. The van der Waals surface area contributed by atoms with Gasteiger partial charge >= 0.3 is 5.97 Å². The second-order valence-corrected chi connectivity index (χ2v) is 6.36. The molecule has 0 radical (unpaired) electrons. The molecule has 0 aliphatic carbocycles. The van der Waals surface area contributed by atoms with Crippen LogP contribution in [0, 0.1) is 0 Å². The van der Waals surface area contributed by atoms with E-state index in [1.54, 1.807) is 21.9 Å². The van der Waals surface area contributed by atoms with Crippen molar-refractivity contribution in [3.8, 4) is 0 Å². The van der Waals surface area contributed by atoms with Crippen molar-refractivity contribution in [2.24, 2.45) is 0 Å². The molecule has 0 saturated carbocycles. The van der Waals surface area contributed by atoms with Crippen LogP contribution in [-0.4, -0.2) is 71.1 Å². The first-order valence-electron chi connectivity index (χ1n) is 8.53. The largest absolute Gasteiger partial charge is 0.481 e. The summed E-state index contributed by atoms with van der Waals surface area (Å²) in [6.45, 7) is 1.47. The van der Waals surface area contributed by atoms with Crippen LogP contribution in [0.5, 0.6) is 0 Å². The molecular weight excluding hydrogens is 328 g/mol. The van der Waals surface area contributed by atoms with Gasteiger partial charge in [-0.25, -0.2) is 0 Å². The average molecular weight is 350 g/mol. The first-order chi connectivity index (χ1) is 12.1. The zero-order valence-corrected chi connectivity index (χ0v) is 13.9. The Bertz CT molecular complexity index is 629. The number of carbonyl (C=O) groups excluding carboxylic acids is 2. The Kier molecular flexibility index (Phi) is 5.37. The number of likely N-dealkylation sites (tertiary alicyclic amines) is 1. The van der Waals surface area contributed by atoms with Gasteiger partial charge < -0.3 is 24.1 Å². The highest BCUT2D eigenvalue weighted by molar-refractivity contribution is 5.95.